The van der Waals surface area contributed by atoms with Gasteiger partial charge in [-0.25, -0.2) is 8.42 Å². The van der Waals surface area contributed by atoms with E-state index in [0.717, 1.165) is 11.1 Å². The van der Waals surface area contributed by atoms with Gasteiger partial charge in [-0.2, -0.15) is 9.40 Å². The lowest BCUT2D eigenvalue weighted by atomic mass is 10.2. The minimum Gasteiger partial charge on any atom is -0.497 e. The topological polar surface area (TPSA) is 108 Å². The summed E-state index contributed by atoms with van der Waals surface area (Å²) in [6.07, 6.45) is 0.776. The number of aromatic nitrogens is 2. The van der Waals surface area contributed by atoms with Crippen LogP contribution in [-0.4, -0.2) is 48.3 Å². The van der Waals surface area contributed by atoms with Crippen LogP contribution in [0.5, 0.6) is 11.5 Å². The lowest BCUT2D eigenvalue weighted by Crippen LogP contribution is -2.30. The maximum Gasteiger partial charge on any atom is 0.263 e. The first kappa shape index (κ1) is 27.1. The summed E-state index contributed by atoms with van der Waals surface area (Å²) >= 11 is 0. The van der Waals surface area contributed by atoms with Crippen LogP contribution in [0.4, 0.5) is 0 Å². The fraction of sp³-hybridized carbons (Fsp3) is 0.346. The normalized spacial score (nSPS) is 11.5. The number of benzene rings is 2. The van der Waals surface area contributed by atoms with Crippen molar-refractivity contribution in [2.24, 2.45) is 0 Å². The molecule has 0 atom stereocenters. The van der Waals surface area contributed by atoms with Crippen LogP contribution < -0.4 is 9.47 Å². The summed E-state index contributed by atoms with van der Waals surface area (Å²) < 4.78 is 40.7. The summed E-state index contributed by atoms with van der Waals surface area (Å²) in [5.74, 6) is 1.05. The number of methoxy groups -OCH3 is 2. The zero-order valence-electron chi connectivity index (χ0n) is 20.9. The number of ether oxygens (including phenoxy) is 2. The lowest BCUT2D eigenvalue weighted by Gasteiger charge is -2.21. The van der Waals surface area contributed by atoms with Crippen LogP contribution in [0.15, 0.2) is 59.6 Å². The Morgan fingerprint density at radius 2 is 1.39 bits per heavy atom. The minimum atomic E-state index is -4.09. The number of hydrogen-bond acceptors (Lipinski definition) is 7. The summed E-state index contributed by atoms with van der Waals surface area (Å²) in [6.45, 7) is 3.29. The molecule has 1 aromatic heterocycles. The van der Waals surface area contributed by atoms with E-state index in [0.29, 0.717) is 24.3 Å². The summed E-state index contributed by atoms with van der Waals surface area (Å²) in [5, 5.41) is 4.06. The van der Waals surface area contributed by atoms with Crippen molar-refractivity contribution in [1.82, 2.24) is 14.1 Å². The van der Waals surface area contributed by atoms with Gasteiger partial charge in [0.25, 0.3) is 10.0 Å². The predicted octanol–water partition coefficient (Wildman–Crippen LogP) is 3.86. The van der Waals surface area contributed by atoms with Crippen molar-refractivity contribution in [1.29, 1.82) is 0 Å². The van der Waals surface area contributed by atoms with Gasteiger partial charge < -0.3 is 14.3 Å². The number of aryl methyl sites for hydroxylation is 1. The van der Waals surface area contributed by atoms with Gasteiger partial charge in [-0.15, -0.1) is 0 Å². The SMILES string of the molecule is COc1ccc(CN(Cc2ccc(OC)cc2)S(=O)(=O)c2cc(C(C)=O)n(CCCC(C)=O)n2)cc1. The van der Waals surface area contributed by atoms with Crippen LogP contribution in [0, 0.1) is 0 Å². The van der Waals surface area contributed by atoms with Gasteiger partial charge in [0.2, 0.25) is 0 Å². The monoisotopic (exact) mass is 513 g/mol. The molecule has 0 saturated carbocycles. The number of hydrogen-bond donors (Lipinski definition) is 0. The first-order valence-corrected chi connectivity index (χ1v) is 12.9. The van der Waals surface area contributed by atoms with Gasteiger partial charge in [-0.05, 0) is 48.7 Å². The number of Topliss-reactive ketones (excluding diaryl/α,β-unsaturated/α-hetero) is 2. The molecule has 0 fully saturated rings. The Morgan fingerprint density at radius 1 is 0.889 bits per heavy atom. The second kappa shape index (κ2) is 12.0. The Balaban J connectivity index is 1.97. The van der Waals surface area contributed by atoms with E-state index in [2.05, 4.69) is 5.10 Å². The zero-order chi connectivity index (χ0) is 26.3. The number of carbonyl (C=O) groups excluding carboxylic acids is 2. The molecule has 36 heavy (non-hydrogen) atoms. The lowest BCUT2D eigenvalue weighted by molar-refractivity contribution is -0.117. The van der Waals surface area contributed by atoms with Crippen molar-refractivity contribution >= 4 is 21.6 Å². The summed E-state index contributed by atoms with van der Waals surface area (Å²) in [5.41, 5.74) is 1.71. The second-order valence-corrected chi connectivity index (χ2v) is 10.3. The van der Waals surface area contributed by atoms with E-state index in [-0.39, 0.29) is 41.9 Å². The molecule has 0 N–H and O–H groups in total. The van der Waals surface area contributed by atoms with E-state index in [4.69, 9.17) is 9.47 Å². The largest absolute Gasteiger partial charge is 0.497 e. The molecule has 0 spiro atoms. The number of carbonyl (C=O) groups is 2. The minimum absolute atomic E-state index is 0.0181. The molecule has 0 bridgehead atoms. The van der Waals surface area contributed by atoms with Crippen molar-refractivity contribution in [3.63, 3.8) is 0 Å². The van der Waals surface area contributed by atoms with E-state index >= 15 is 0 Å². The molecule has 1 heterocycles. The van der Waals surface area contributed by atoms with Gasteiger partial charge in [0.15, 0.2) is 10.8 Å². The molecule has 192 valence electrons. The Morgan fingerprint density at radius 3 is 1.81 bits per heavy atom. The highest BCUT2D eigenvalue weighted by atomic mass is 32.2. The number of nitrogens with zero attached hydrogens (tertiary/aromatic N) is 3. The van der Waals surface area contributed by atoms with Crippen molar-refractivity contribution in [2.45, 2.75) is 51.3 Å². The summed E-state index contributed by atoms with van der Waals surface area (Å²) in [6, 6.07) is 15.6. The van der Waals surface area contributed by atoms with Crippen LogP contribution >= 0.6 is 0 Å². The average molecular weight is 514 g/mol. The summed E-state index contributed by atoms with van der Waals surface area (Å²) in [7, 11) is -0.957. The average Bonchev–Trinajstić information content (AvgIpc) is 3.30. The standard InChI is InChI=1S/C26H31N3O6S/c1-19(30)6-5-15-29-25(20(2)31)16-26(27-29)36(32,33)28(17-21-7-11-23(34-3)12-8-21)18-22-9-13-24(35-4)14-10-22/h7-14,16H,5-6,15,17-18H2,1-4H3. The highest BCUT2D eigenvalue weighted by Gasteiger charge is 2.29. The van der Waals surface area contributed by atoms with Crippen LogP contribution in [0.2, 0.25) is 0 Å². The molecule has 3 aromatic rings. The molecular weight excluding hydrogens is 482 g/mol. The molecule has 0 unspecified atom stereocenters. The fourth-order valence-corrected chi connectivity index (χ4v) is 5.04. The molecule has 0 aliphatic carbocycles. The molecule has 10 heteroatoms. The van der Waals surface area contributed by atoms with E-state index < -0.39 is 10.0 Å². The molecule has 3 rings (SSSR count). The van der Waals surface area contributed by atoms with Crippen molar-refractivity contribution < 1.29 is 27.5 Å². The third kappa shape index (κ3) is 6.79. The highest BCUT2D eigenvalue weighted by molar-refractivity contribution is 7.89. The maximum absolute atomic E-state index is 13.8. The van der Waals surface area contributed by atoms with Crippen molar-refractivity contribution in [2.75, 3.05) is 14.2 Å². The molecule has 0 aliphatic heterocycles. The van der Waals surface area contributed by atoms with Crippen molar-refractivity contribution in [3.8, 4) is 11.5 Å². The van der Waals surface area contributed by atoms with Crippen molar-refractivity contribution in [3.05, 3.63) is 71.4 Å². The van der Waals surface area contributed by atoms with Gasteiger partial charge in [0.1, 0.15) is 23.0 Å². The molecule has 2 aromatic carbocycles. The highest BCUT2D eigenvalue weighted by Crippen LogP contribution is 2.24. The number of rotatable bonds is 13. The van der Waals surface area contributed by atoms with Gasteiger partial charge in [-0.3, -0.25) is 9.48 Å². The molecule has 0 radical (unpaired) electrons. The van der Waals surface area contributed by atoms with E-state index in [1.807, 2.05) is 0 Å². The van der Waals surface area contributed by atoms with E-state index in [1.165, 1.54) is 28.9 Å². The second-order valence-electron chi connectivity index (χ2n) is 8.42. The van der Waals surface area contributed by atoms with Gasteiger partial charge in [0.05, 0.1) is 14.2 Å². The quantitative estimate of drug-likeness (QED) is 0.319. The Labute approximate surface area is 211 Å². The van der Waals surface area contributed by atoms with Crippen LogP contribution in [0.1, 0.15) is 48.3 Å². The smallest absolute Gasteiger partial charge is 0.263 e. The predicted molar refractivity (Wildman–Crippen MR) is 135 cm³/mol. The molecule has 0 saturated heterocycles. The Kier molecular flexibility index (Phi) is 9.00. The molecular formula is C26H31N3O6S. The first-order chi connectivity index (χ1) is 17.1. The van der Waals surface area contributed by atoms with Gasteiger partial charge in [-0.1, -0.05) is 24.3 Å². The van der Waals surface area contributed by atoms with Crippen LogP contribution in [0.25, 0.3) is 0 Å². The van der Waals surface area contributed by atoms with Crippen LogP contribution in [-0.2, 0) is 34.5 Å². The molecule has 0 amide bonds. The first-order valence-electron chi connectivity index (χ1n) is 11.5. The zero-order valence-corrected chi connectivity index (χ0v) is 21.7. The van der Waals surface area contributed by atoms with Gasteiger partial charge >= 0.3 is 0 Å². The fourth-order valence-electron chi connectivity index (χ4n) is 3.68. The Bertz CT molecular complexity index is 1250. The third-order valence-corrected chi connectivity index (χ3v) is 7.32. The van der Waals surface area contributed by atoms with E-state index in [1.54, 1.807) is 62.8 Å². The number of sulfonamides is 1. The van der Waals surface area contributed by atoms with Crippen LogP contribution in [0.3, 0.4) is 0 Å². The van der Waals surface area contributed by atoms with Gasteiger partial charge in [0, 0.05) is 39.0 Å². The van der Waals surface area contributed by atoms with E-state index in [9.17, 15) is 18.0 Å². The number of ketones is 2. The Hall–Kier alpha value is -3.50. The molecule has 9 nitrogen and oxygen atoms in total. The maximum atomic E-state index is 13.8. The third-order valence-electron chi connectivity index (χ3n) is 5.66. The summed E-state index contributed by atoms with van der Waals surface area (Å²) in [4.78, 5) is 23.5. The molecule has 0 aliphatic rings.